The lowest BCUT2D eigenvalue weighted by atomic mass is 9.84. The molecule has 238 valence electrons. The Morgan fingerprint density at radius 2 is 0.784 bits per heavy atom. The van der Waals surface area contributed by atoms with E-state index in [2.05, 4.69) is 188 Å². The zero-order chi connectivity index (χ0) is 33.7. The van der Waals surface area contributed by atoms with Crippen LogP contribution < -0.4 is 0 Å². The first-order valence-electron chi connectivity index (χ1n) is 17.5. The molecule has 0 aliphatic carbocycles. The summed E-state index contributed by atoms with van der Waals surface area (Å²) in [5.74, 6) is 0.895. The van der Waals surface area contributed by atoms with Crippen LogP contribution in [0.2, 0.25) is 0 Å². The number of hydrogen-bond acceptors (Lipinski definition) is 1. The highest BCUT2D eigenvalue weighted by atomic mass is 16.3. The van der Waals surface area contributed by atoms with Gasteiger partial charge in [0.05, 0.1) is 0 Å². The minimum Gasteiger partial charge on any atom is -0.455 e. The number of rotatable bonds is 5. The molecule has 0 bridgehead atoms. The van der Waals surface area contributed by atoms with Gasteiger partial charge in [-0.1, -0.05) is 176 Å². The van der Waals surface area contributed by atoms with E-state index < -0.39 is 0 Å². The van der Waals surface area contributed by atoms with Crippen LogP contribution in [0.25, 0.3) is 99.1 Å². The maximum Gasteiger partial charge on any atom is 0.143 e. The van der Waals surface area contributed by atoms with Crippen molar-refractivity contribution in [2.24, 2.45) is 0 Å². The lowest BCUT2D eigenvalue weighted by molar-refractivity contribution is 0.632. The van der Waals surface area contributed by atoms with E-state index in [0.717, 1.165) is 44.5 Å². The number of benzene rings is 9. The third kappa shape index (κ3) is 4.86. The Bertz CT molecular complexity index is 2830. The van der Waals surface area contributed by atoms with Gasteiger partial charge in [-0.15, -0.1) is 0 Å². The van der Waals surface area contributed by atoms with Gasteiger partial charge in [0, 0.05) is 16.5 Å². The van der Waals surface area contributed by atoms with Gasteiger partial charge in [-0.3, -0.25) is 0 Å². The van der Waals surface area contributed by atoms with Crippen LogP contribution in [0.15, 0.2) is 199 Å². The molecule has 1 aromatic heterocycles. The molecule has 0 saturated heterocycles. The first-order valence-corrected chi connectivity index (χ1v) is 17.5. The van der Waals surface area contributed by atoms with Crippen LogP contribution in [0.5, 0.6) is 0 Å². The second-order valence-electron chi connectivity index (χ2n) is 13.2. The highest BCUT2D eigenvalue weighted by molar-refractivity contribution is 6.23. The first-order chi connectivity index (χ1) is 25.3. The van der Waals surface area contributed by atoms with Gasteiger partial charge in [-0.2, -0.15) is 0 Å². The van der Waals surface area contributed by atoms with Gasteiger partial charge in [0.25, 0.3) is 0 Å². The highest BCUT2D eigenvalue weighted by Crippen LogP contribution is 2.46. The summed E-state index contributed by atoms with van der Waals surface area (Å²) in [4.78, 5) is 0. The summed E-state index contributed by atoms with van der Waals surface area (Å²) >= 11 is 0. The predicted octanol–water partition coefficient (Wildman–Crippen LogP) is 14.2. The maximum atomic E-state index is 6.72. The summed E-state index contributed by atoms with van der Waals surface area (Å²) in [5, 5.41) is 8.64. The van der Waals surface area contributed by atoms with Crippen molar-refractivity contribution in [1.29, 1.82) is 0 Å². The van der Waals surface area contributed by atoms with E-state index in [4.69, 9.17) is 4.42 Å². The van der Waals surface area contributed by atoms with E-state index in [1.165, 1.54) is 54.6 Å². The minimum atomic E-state index is 0.881. The molecule has 0 atom stereocenters. The minimum absolute atomic E-state index is 0.881. The smallest absolute Gasteiger partial charge is 0.143 e. The molecule has 0 N–H and O–H groups in total. The molecule has 1 heterocycles. The fourth-order valence-electron chi connectivity index (χ4n) is 7.99. The molecule has 1 nitrogen and oxygen atoms in total. The van der Waals surface area contributed by atoms with E-state index in [-0.39, 0.29) is 0 Å². The summed E-state index contributed by atoms with van der Waals surface area (Å²) in [6, 6.07) is 69.8. The Morgan fingerprint density at radius 3 is 1.49 bits per heavy atom. The van der Waals surface area contributed by atoms with Crippen molar-refractivity contribution in [2.45, 2.75) is 0 Å². The molecule has 0 aliphatic rings. The fourth-order valence-corrected chi connectivity index (χ4v) is 7.99. The Morgan fingerprint density at radius 1 is 0.275 bits per heavy atom. The van der Waals surface area contributed by atoms with Crippen LogP contribution >= 0.6 is 0 Å². The summed E-state index contributed by atoms with van der Waals surface area (Å²) in [6.45, 7) is 0. The molecule has 0 spiro atoms. The molecule has 1 heteroatoms. The van der Waals surface area contributed by atoms with Crippen molar-refractivity contribution in [3.63, 3.8) is 0 Å². The number of fused-ring (bicyclic) bond motifs is 4. The normalized spacial score (nSPS) is 11.5. The third-order valence-electron chi connectivity index (χ3n) is 10.3. The van der Waals surface area contributed by atoms with Crippen molar-refractivity contribution in [2.75, 3.05) is 0 Å². The summed E-state index contributed by atoms with van der Waals surface area (Å²) < 4.78 is 6.72. The van der Waals surface area contributed by atoms with Crippen LogP contribution in [0.3, 0.4) is 0 Å². The van der Waals surface area contributed by atoms with Gasteiger partial charge in [-0.25, -0.2) is 0 Å². The third-order valence-corrected chi connectivity index (χ3v) is 10.3. The summed E-state index contributed by atoms with van der Waals surface area (Å²) in [7, 11) is 0. The predicted molar refractivity (Wildman–Crippen MR) is 216 cm³/mol. The molecular formula is C50H32O. The van der Waals surface area contributed by atoms with Gasteiger partial charge in [0.15, 0.2) is 0 Å². The standard InChI is InChI=1S/C50H32O/c1-3-16-34(17-4-1)48-45-30-29-37(32-46(45)51-50(48)35-18-5-2-6-19-35)36-21-13-22-38(31-36)47-41-24-9-11-26-43(41)49(44-27-12-10-25-42(44)47)40-28-14-20-33-15-7-8-23-39(33)40/h1-32H. The molecule has 0 amide bonds. The lowest BCUT2D eigenvalue weighted by Gasteiger charge is -2.19. The fraction of sp³-hybridized carbons (Fsp3) is 0. The van der Waals surface area contributed by atoms with Crippen molar-refractivity contribution >= 4 is 43.3 Å². The number of hydrogen-bond donors (Lipinski definition) is 0. The van der Waals surface area contributed by atoms with Gasteiger partial charge in [0.1, 0.15) is 11.3 Å². The van der Waals surface area contributed by atoms with E-state index in [1.807, 2.05) is 6.07 Å². The SMILES string of the molecule is c1ccc(-c2oc3cc(-c4cccc(-c5c6ccccc6c(-c6cccc7ccccc67)c6ccccc56)c4)ccc3c2-c2ccccc2)cc1. The second-order valence-corrected chi connectivity index (χ2v) is 13.2. The average molecular weight is 649 g/mol. The van der Waals surface area contributed by atoms with Gasteiger partial charge >= 0.3 is 0 Å². The van der Waals surface area contributed by atoms with Gasteiger partial charge in [0.2, 0.25) is 0 Å². The largest absolute Gasteiger partial charge is 0.455 e. The molecule has 0 saturated carbocycles. The van der Waals surface area contributed by atoms with Crippen LogP contribution in [0, 0.1) is 0 Å². The van der Waals surface area contributed by atoms with Crippen LogP contribution in [0.1, 0.15) is 0 Å². The Hall–Kier alpha value is -6.70. The molecule has 10 rings (SSSR count). The van der Waals surface area contributed by atoms with Crippen LogP contribution in [-0.2, 0) is 0 Å². The Kier molecular flexibility index (Phi) is 6.89. The summed E-state index contributed by atoms with van der Waals surface area (Å²) in [5.41, 5.74) is 11.5. The van der Waals surface area contributed by atoms with Crippen LogP contribution in [-0.4, -0.2) is 0 Å². The van der Waals surface area contributed by atoms with E-state index in [1.54, 1.807) is 0 Å². The van der Waals surface area contributed by atoms with Crippen molar-refractivity contribution < 1.29 is 4.42 Å². The number of furan rings is 1. The van der Waals surface area contributed by atoms with E-state index in [9.17, 15) is 0 Å². The second kappa shape index (κ2) is 12.0. The van der Waals surface area contributed by atoms with Gasteiger partial charge < -0.3 is 4.42 Å². The molecule has 9 aromatic carbocycles. The zero-order valence-corrected chi connectivity index (χ0v) is 27.9. The van der Waals surface area contributed by atoms with E-state index >= 15 is 0 Å². The van der Waals surface area contributed by atoms with Crippen molar-refractivity contribution in [1.82, 2.24) is 0 Å². The first kappa shape index (κ1) is 29.2. The average Bonchev–Trinajstić information content (AvgIpc) is 3.59. The van der Waals surface area contributed by atoms with E-state index in [0.29, 0.717) is 0 Å². The quantitative estimate of drug-likeness (QED) is 0.169. The monoisotopic (exact) mass is 648 g/mol. The molecule has 0 aliphatic heterocycles. The van der Waals surface area contributed by atoms with Gasteiger partial charge in [-0.05, 0) is 89.5 Å². The molecule has 0 unspecified atom stereocenters. The topological polar surface area (TPSA) is 13.1 Å². The lowest BCUT2D eigenvalue weighted by Crippen LogP contribution is -1.92. The molecular weight excluding hydrogens is 617 g/mol. The molecule has 10 aromatic rings. The molecule has 0 radical (unpaired) electrons. The Labute approximate surface area is 296 Å². The Balaban J connectivity index is 1.17. The maximum absolute atomic E-state index is 6.72. The van der Waals surface area contributed by atoms with Crippen LogP contribution in [0.4, 0.5) is 0 Å². The van der Waals surface area contributed by atoms with Crippen molar-refractivity contribution in [3.05, 3.63) is 194 Å². The summed E-state index contributed by atoms with van der Waals surface area (Å²) in [6.07, 6.45) is 0. The van der Waals surface area contributed by atoms with Crippen molar-refractivity contribution in [3.8, 4) is 55.8 Å². The highest BCUT2D eigenvalue weighted by Gasteiger charge is 2.20. The zero-order valence-electron chi connectivity index (χ0n) is 27.9. The molecule has 0 fully saturated rings. The molecule has 51 heavy (non-hydrogen) atoms.